The van der Waals surface area contributed by atoms with Crippen LogP contribution in [0.5, 0.6) is 5.75 Å². The Labute approximate surface area is 151 Å². The molecule has 5 rings (SSSR count). The van der Waals surface area contributed by atoms with E-state index in [2.05, 4.69) is 15.5 Å². The highest BCUT2D eigenvalue weighted by Crippen LogP contribution is 2.53. The molecule has 0 radical (unpaired) electrons. The lowest BCUT2D eigenvalue weighted by atomic mass is 10.1. The van der Waals surface area contributed by atoms with Crippen molar-refractivity contribution in [1.29, 1.82) is 0 Å². The molecule has 7 nitrogen and oxygen atoms in total. The van der Waals surface area contributed by atoms with Crippen LogP contribution in [-0.4, -0.2) is 52.1 Å². The van der Waals surface area contributed by atoms with Gasteiger partial charge in [0.15, 0.2) is 5.75 Å². The largest absolute Gasteiger partial charge is 0.427 e. The number of ether oxygens (including phenoxy) is 1. The van der Waals surface area contributed by atoms with Crippen LogP contribution in [0, 0.1) is 0 Å². The van der Waals surface area contributed by atoms with Gasteiger partial charge in [0.05, 0.1) is 16.7 Å². The molecule has 1 amide bonds. The Kier molecular flexibility index (Phi) is 3.18. The third-order valence-corrected chi connectivity index (χ3v) is 6.19. The lowest BCUT2D eigenvalue weighted by Crippen LogP contribution is -2.49. The summed E-state index contributed by atoms with van der Waals surface area (Å²) < 4.78 is 33.5. The van der Waals surface area contributed by atoms with E-state index in [1.54, 1.807) is 6.20 Å². The summed E-state index contributed by atoms with van der Waals surface area (Å²) in [6.07, 6.45) is 1.43. The van der Waals surface area contributed by atoms with E-state index < -0.39 is 24.3 Å². The standard InChI is InChI=1S/C16H16F2N4O3S/c17-16(18)7-22-6-9(3-15(24)1-2-15)21-14(23)13-10(22)11(25-16)12(26-13)8-4-19-20-5-8/h4-5,9,24H,1-3,6-7H2,(H,19,20)(H,21,23)/t9-/m0/s1. The molecular weight excluding hydrogens is 366 g/mol. The highest BCUT2D eigenvalue weighted by atomic mass is 32.1. The fourth-order valence-corrected chi connectivity index (χ4v) is 4.77. The number of nitrogens with one attached hydrogen (secondary N) is 2. The minimum absolute atomic E-state index is 0.0172. The zero-order valence-electron chi connectivity index (χ0n) is 13.6. The summed E-state index contributed by atoms with van der Waals surface area (Å²) in [4.78, 5) is 15.0. The Hall–Kier alpha value is -2.20. The number of aromatic amines is 1. The van der Waals surface area contributed by atoms with E-state index in [4.69, 9.17) is 4.74 Å². The van der Waals surface area contributed by atoms with E-state index in [1.165, 1.54) is 11.1 Å². The zero-order chi connectivity index (χ0) is 18.1. The summed E-state index contributed by atoms with van der Waals surface area (Å²) in [5.41, 5.74) is 0.210. The van der Waals surface area contributed by atoms with Crippen molar-refractivity contribution in [2.24, 2.45) is 0 Å². The zero-order valence-corrected chi connectivity index (χ0v) is 14.4. The summed E-state index contributed by atoms with van der Waals surface area (Å²) in [7, 11) is 0. The van der Waals surface area contributed by atoms with Crippen molar-refractivity contribution in [2.75, 3.05) is 18.0 Å². The predicted molar refractivity (Wildman–Crippen MR) is 89.7 cm³/mol. The number of thiophene rings is 1. The van der Waals surface area contributed by atoms with Gasteiger partial charge in [-0.1, -0.05) is 0 Å². The van der Waals surface area contributed by atoms with E-state index in [-0.39, 0.29) is 18.2 Å². The van der Waals surface area contributed by atoms with E-state index in [1.807, 2.05) is 0 Å². The Morgan fingerprint density at radius 2 is 2.23 bits per heavy atom. The van der Waals surface area contributed by atoms with Crippen molar-refractivity contribution < 1.29 is 23.4 Å². The molecule has 138 valence electrons. The molecule has 3 aliphatic rings. The Balaban J connectivity index is 1.59. The van der Waals surface area contributed by atoms with Gasteiger partial charge in [0.25, 0.3) is 5.91 Å². The van der Waals surface area contributed by atoms with E-state index in [0.717, 1.165) is 11.3 Å². The van der Waals surface area contributed by atoms with Crippen molar-refractivity contribution in [3.63, 3.8) is 0 Å². The Bertz CT molecular complexity index is 878. The second-order valence-electron chi connectivity index (χ2n) is 7.14. The molecule has 0 saturated heterocycles. The van der Waals surface area contributed by atoms with Crippen LogP contribution in [0.1, 0.15) is 28.9 Å². The molecule has 3 N–H and O–H groups in total. The maximum Gasteiger partial charge on any atom is 0.416 e. The fraction of sp³-hybridized carbons (Fsp3) is 0.500. The molecule has 2 aromatic heterocycles. The SMILES string of the molecule is O=C1N[C@@H](CC2(O)CC2)CN2CC(F)(F)Oc3c(-c4cn[nH]c4)sc1c32. The summed E-state index contributed by atoms with van der Waals surface area (Å²) in [5.74, 6) is -0.310. The monoisotopic (exact) mass is 382 g/mol. The number of carbonyl (C=O) groups excluding carboxylic acids is 1. The van der Waals surface area contributed by atoms with Gasteiger partial charge < -0.3 is 20.1 Å². The smallest absolute Gasteiger partial charge is 0.416 e. The molecule has 4 heterocycles. The van der Waals surface area contributed by atoms with Gasteiger partial charge >= 0.3 is 6.11 Å². The third-order valence-electron chi connectivity index (χ3n) is 4.98. The number of aliphatic hydroxyl groups is 1. The first-order chi connectivity index (χ1) is 12.3. The molecule has 1 fully saturated rings. The van der Waals surface area contributed by atoms with Gasteiger partial charge in [-0.05, 0) is 19.3 Å². The van der Waals surface area contributed by atoms with Crippen LogP contribution >= 0.6 is 11.3 Å². The number of anilines is 1. The number of hydrogen-bond donors (Lipinski definition) is 3. The minimum atomic E-state index is -3.36. The lowest BCUT2D eigenvalue weighted by molar-refractivity contribution is -0.171. The number of alkyl halides is 2. The number of amides is 1. The van der Waals surface area contributed by atoms with Gasteiger partial charge in [0.2, 0.25) is 0 Å². The Morgan fingerprint density at radius 1 is 1.42 bits per heavy atom. The quantitative estimate of drug-likeness (QED) is 0.755. The van der Waals surface area contributed by atoms with Gasteiger partial charge in [-0.2, -0.15) is 13.9 Å². The van der Waals surface area contributed by atoms with Crippen molar-refractivity contribution >= 4 is 22.9 Å². The topological polar surface area (TPSA) is 90.5 Å². The van der Waals surface area contributed by atoms with Gasteiger partial charge in [0, 0.05) is 24.3 Å². The highest BCUT2D eigenvalue weighted by molar-refractivity contribution is 7.18. The van der Waals surface area contributed by atoms with E-state index in [0.29, 0.717) is 40.3 Å². The first-order valence-corrected chi connectivity index (χ1v) is 9.16. The van der Waals surface area contributed by atoms with Crippen LogP contribution in [0.3, 0.4) is 0 Å². The number of aromatic nitrogens is 2. The van der Waals surface area contributed by atoms with Crippen LogP contribution in [0.2, 0.25) is 0 Å². The second kappa shape index (κ2) is 5.17. The average Bonchev–Trinajstić information content (AvgIpc) is 2.98. The summed E-state index contributed by atoms with van der Waals surface area (Å²) >= 11 is 1.11. The minimum Gasteiger partial charge on any atom is -0.427 e. The number of hydrogen-bond acceptors (Lipinski definition) is 6. The van der Waals surface area contributed by atoms with Crippen LogP contribution in [0.25, 0.3) is 10.4 Å². The number of carbonyl (C=O) groups is 1. The van der Waals surface area contributed by atoms with Gasteiger partial charge in [-0.3, -0.25) is 9.89 Å². The number of rotatable bonds is 3. The van der Waals surface area contributed by atoms with E-state index in [9.17, 15) is 18.7 Å². The molecule has 1 atom stereocenters. The van der Waals surface area contributed by atoms with Crippen LogP contribution < -0.4 is 15.0 Å². The van der Waals surface area contributed by atoms with Gasteiger partial charge in [0.1, 0.15) is 17.1 Å². The molecule has 26 heavy (non-hydrogen) atoms. The molecule has 2 aliphatic heterocycles. The number of nitrogens with zero attached hydrogens (tertiary/aromatic N) is 2. The average molecular weight is 382 g/mol. The van der Waals surface area contributed by atoms with E-state index >= 15 is 0 Å². The fourth-order valence-electron chi connectivity index (χ4n) is 3.63. The first-order valence-electron chi connectivity index (χ1n) is 8.35. The molecule has 0 aromatic carbocycles. The molecule has 10 heteroatoms. The van der Waals surface area contributed by atoms with Gasteiger partial charge in [-0.15, -0.1) is 11.3 Å². The summed E-state index contributed by atoms with van der Waals surface area (Å²) in [6.45, 7) is -0.424. The maximum absolute atomic E-state index is 14.2. The molecule has 0 spiro atoms. The van der Waals surface area contributed by atoms with Crippen molar-refractivity contribution in [3.8, 4) is 16.2 Å². The van der Waals surface area contributed by atoms with Crippen molar-refractivity contribution in [2.45, 2.75) is 37.0 Å². The number of halogens is 2. The lowest BCUT2D eigenvalue weighted by Gasteiger charge is -2.35. The normalized spacial score (nSPS) is 25.1. The summed E-state index contributed by atoms with van der Waals surface area (Å²) in [6, 6.07) is -0.395. The van der Waals surface area contributed by atoms with Crippen LogP contribution in [0.4, 0.5) is 14.5 Å². The molecule has 1 saturated carbocycles. The molecule has 0 unspecified atom stereocenters. The molecule has 1 aliphatic carbocycles. The van der Waals surface area contributed by atoms with Crippen molar-refractivity contribution in [3.05, 3.63) is 17.3 Å². The van der Waals surface area contributed by atoms with Crippen molar-refractivity contribution in [1.82, 2.24) is 15.5 Å². The third kappa shape index (κ3) is 2.55. The maximum atomic E-state index is 14.2. The predicted octanol–water partition coefficient (Wildman–Crippen LogP) is 1.96. The summed E-state index contributed by atoms with van der Waals surface area (Å²) in [5, 5.41) is 19.6. The number of H-pyrrole nitrogens is 1. The van der Waals surface area contributed by atoms with Crippen LogP contribution in [0.15, 0.2) is 12.4 Å². The molecular formula is C16H16F2N4O3S. The van der Waals surface area contributed by atoms with Crippen LogP contribution in [-0.2, 0) is 0 Å². The first kappa shape index (κ1) is 16.0. The Morgan fingerprint density at radius 3 is 2.92 bits per heavy atom. The molecule has 0 bridgehead atoms. The highest BCUT2D eigenvalue weighted by Gasteiger charge is 2.49. The second-order valence-corrected chi connectivity index (χ2v) is 8.16. The molecule has 2 aromatic rings. The van der Waals surface area contributed by atoms with Gasteiger partial charge in [-0.25, -0.2) is 0 Å².